The summed E-state index contributed by atoms with van der Waals surface area (Å²) in [6.45, 7) is 0. The first-order valence-electron chi connectivity index (χ1n) is 7.70. The second-order valence-electron chi connectivity index (χ2n) is 5.31. The fourth-order valence-electron chi connectivity index (χ4n) is 2.27. The smallest absolute Gasteiger partial charge is 0.266 e. The second kappa shape index (κ2) is 8.14. The number of methoxy groups -OCH3 is 1. The Morgan fingerprint density at radius 1 is 1.27 bits per heavy atom. The minimum atomic E-state index is -0.367. The first kappa shape index (κ1) is 18.1. The molecule has 0 aliphatic rings. The van der Waals surface area contributed by atoms with E-state index < -0.39 is 0 Å². The molecule has 132 valence electrons. The maximum absolute atomic E-state index is 12.3. The molecule has 2 aromatic carbocycles. The molecule has 26 heavy (non-hydrogen) atoms. The molecule has 3 aromatic rings. The quantitative estimate of drug-likeness (QED) is 0.306. The molecule has 0 aliphatic heterocycles. The van der Waals surface area contributed by atoms with Crippen molar-refractivity contribution in [3.63, 3.8) is 0 Å². The molecule has 0 spiro atoms. The number of aromatic nitrogens is 1. The van der Waals surface area contributed by atoms with E-state index in [0.29, 0.717) is 21.6 Å². The number of nitrogens with two attached hydrogens (primary N) is 1. The number of benzene rings is 2. The van der Waals surface area contributed by atoms with Crippen LogP contribution < -0.4 is 15.6 Å². The summed E-state index contributed by atoms with van der Waals surface area (Å²) in [5, 5.41) is 3.99. The summed E-state index contributed by atoms with van der Waals surface area (Å²) < 4.78 is 5.34. The van der Waals surface area contributed by atoms with Crippen LogP contribution in [0.5, 0.6) is 5.75 Å². The summed E-state index contributed by atoms with van der Waals surface area (Å²) in [5.74, 6) is 6.52. The first-order chi connectivity index (χ1) is 12.6. The zero-order valence-corrected chi connectivity index (χ0v) is 15.5. The van der Waals surface area contributed by atoms with Crippen LogP contribution in [0.25, 0.3) is 16.6 Å². The number of anilines is 1. The predicted molar refractivity (Wildman–Crippen MR) is 106 cm³/mol. The maximum Gasteiger partial charge on any atom is 0.266 e. The third-order valence-electron chi connectivity index (χ3n) is 3.59. The number of hydrogen-bond acceptors (Lipinski definition) is 5. The average molecular weight is 386 g/mol. The lowest BCUT2D eigenvalue weighted by Crippen LogP contribution is -2.36. The van der Waals surface area contributed by atoms with Crippen molar-refractivity contribution in [2.75, 3.05) is 12.1 Å². The molecule has 1 heterocycles. The standard InChI is InChI=1S/C19H16ClN3O2S/c1-25-16-11-14(20)8-9-15(16)19-22-17(12-26-19)23(21)18(24)10-7-13-5-3-2-4-6-13/h2-12H,21H2,1H3. The third kappa shape index (κ3) is 4.11. The van der Waals surface area contributed by atoms with Crippen molar-refractivity contribution < 1.29 is 9.53 Å². The van der Waals surface area contributed by atoms with Crippen molar-refractivity contribution in [2.24, 2.45) is 5.84 Å². The zero-order chi connectivity index (χ0) is 18.5. The van der Waals surface area contributed by atoms with Gasteiger partial charge in [-0.3, -0.25) is 4.79 Å². The number of hydrogen-bond donors (Lipinski definition) is 1. The number of halogens is 1. The Labute approximate surface area is 160 Å². The van der Waals surface area contributed by atoms with Gasteiger partial charge >= 0.3 is 0 Å². The summed E-state index contributed by atoms with van der Waals surface area (Å²) in [6, 6.07) is 14.8. The van der Waals surface area contributed by atoms with Crippen LogP contribution in [-0.2, 0) is 4.79 Å². The minimum Gasteiger partial charge on any atom is -0.496 e. The van der Waals surface area contributed by atoms with E-state index in [1.165, 1.54) is 17.4 Å². The van der Waals surface area contributed by atoms with Gasteiger partial charge in [-0.15, -0.1) is 11.3 Å². The van der Waals surface area contributed by atoms with Gasteiger partial charge in [-0.05, 0) is 29.8 Å². The molecule has 0 saturated carbocycles. The van der Waals surface area contributed by atoms with Crippen molar-refractivity contribution >= 4 is 40.7 Å². The third-order valence-corrected chi connectivity index (χ3v) is 4.69. The number of ether oxygens (including phenoxy) is 1. The number of carbonyl (C=O) groups is 1. The van der Waals surface area contributed by atoms with Crippen molar-refractivity contribution in [3.05, 3.63) is 70.6 Å². The molecule has 1 aromatic heterocycles. The summed E-state index contributed by atoms with van der Waals surface area (Å²) in [4.78, 5) is 16.7. The van der Waals surface area contributed by atoms with Crippen molar-refractivity contribution in [2.45, 2.75) is 0 Å². The monoisotopic (exact) mass is 385 g/mol. The summed E-state index contributed by atoms with van der Waals surface area (Å²) in [6.07, 6.45) is 3.12. The highest BCUT2D eigenvalue weighted by atomic mass is 35.5. The van der Waals surface area contributed by atoms with E-state index in [1.807, 2.05) is 36.4 Å². The minimum absolute atomic E-state index is 0.365. The molecule has 3 rings (SSSR count). The van der Waals surface area contributed by atoms with Gasteiger partial charge in [0.2, 0.25) is 0 Å². The Hall–Kier alpha value is -2.67. The average Bonchev–Trinajstić information content (AvgIpc) is 3.16. The lowest BCUT2D eigenvalue weighted by Gasteiger charge is -2.11. The number of nitrogens with zero attached hydrogens (tertiary/aromatic N) is 2. The number of hydrazine groups is 1. The molecule has 0 fully saturated rings. The van der Waals surface area contributed by atoms with E-state index in [9.17, 15) is 4.79 Å². The topological polar surface area (TPSA) is 68.4 Å². The second-order valence-corrected chi connectivity index (χ2v) is 6.60. The normalized spacial score (nSPS) is 10.9. The lowest BCUT2D eigenvalue weighted by molar-refractivity contribution is -0.114. The molecular formula is C19H16ClN3O2S. The predicted octanol–water partition coefficient (Wildman–Crippen LogP) is 4.39. The van der Waals surface area contributed by atoms with Gasteiger partial charge in [0.05, 0.1) is 12.7 Å². The number of amides is 1. The van der Waals surface area contributed by atoms with Crippen LogP contribution >= 0.6 is 22.9 Å². The fourth-order valence-corrected chi connectivity index (χ4v) is 3.25. The van der Waals surface area contributed by atoms with Gasteiger partial charge in [-0.25, -0.2) is 15.8 Å². The van der Waals surface area contributed by atoms with Gasteiger partial charge in [-0.2, -0.15) is 0 Å². The van der Waals surface area contributed by atoms with Crippen LogP contribution in [0.15, 0.2) is 60.0 Å². The van der Waals surface area contributed by atoms with Crippen LogP contribution in [0.3, 0.4) is 0 Å². The summed E-state index contributed by atoms with van der Waals surface area (Å²) >= 11 is 7.35. The Balaban J connectivity index is 1.79. The Bertz CT molecular complexity index is 941. The largest absolute Gasteiger partial charge is 0.496 e. The van der Waals surface area contributed by atoms with E-state index in [4.69, 9.17) is 22.2 Å². The van der Waals surface area contributed by atoms with Crippen LogP contribution in [0, 0.1) is 0 Å². The highest BCUT2D eigenvalue weighted by molar-refractivity contribution is 7.13. The van der Waals surface area contributed by atoms with Gasteiger partial charge in [0.15, 0.2) is 5.82 Å². The molecule has 0 atom stereocenters. The van der Waals surface area contributed by atoms with Crippen LogP contribution in [0.2, 0.25) is 5.02 Å². The Morgan fingerprint density at radius 3 is 2.77 bits per heavy atom. The fraction of sp³-hybridized carbons (Fsp3) is 0.0526. The van der Waals surface area contributed by atoms with Crippen molar-refractivity contribution in [1.82, 2.24) is 4.98 Å². The lowest BCUT2D eigenvalue weighted by atomic mass is 10.2. The van der Waals surface area contributed by atoms with Crippen molar-refractivity contribution in [3.8, 4) is 16.3 Å². The number of carbonyl (C=O) groups excluding carboxylic acids is 1. The van der Waals surface area contributed by atoms with Gasteiger partial charge in [0.25, 0.3) is 5.91 Å². The van der Waals surface area contributed by atoms with Crippen LogP contribution in [0.1, 0.15) is 5.56 Å². The van der Waals surface area contributed by atoms with E-state index in [2.05, 4.69) is 4.98 Å². The molecule has 5 nitrogen and oxygen atoms in total. The number of rotatable bonds is 5. The van der Waals surface area contributed by atoms with Gasteiger partial charge in [0.1, 0.15) is 10.8 Å². The molecule has 0 aliphatic carbocycles. The zero-order valence-electron chi connectivity index (χ0n) is 13.9. The SMILES string of the molecule is COc1cc(Cl)ccc1-c1nc(N(N)C(=O)C=Cc2ccccc2)cs1. The molecule has 0 unspecified atom stereocenters. The van der Waals surface area contributed by atoms with E-state index in [0.717, 1.165) is 16.1 Å². The molecule has 0 radical (unpaired) electrons. The molecule has 7 heteroatoms. The molecule has 1 amide bonds. The van der Waals surface area contributed by atoms with E-state index in [-0.39, 0.29) is 5.91 Å². The molecule has 0 bridgehead atoms. The van der Waals surface area contributed by atoms with Crippen LogP contribution in [-0.4, -0.2) is 18.0 Å². The summed E-state index contributed by atoms with van der Waals surface area (Å²) in [5.41, 5.74) is 1.70. The molecule has 2 N–H and O–H groups in total. The highest BCUT2D eigenvalue weighted by Crippen LogP contribution is 2.35. The maximum atomic E-state index is 12.3. The van der Waals surface area contributed by atoms with E-state index in [1.54, 1.807) is 30.7 Å². The summed E-state index contributed by atoms with van der Waals surface area (Å²) in [7, 11) is 1.57. The van der Waals surface area contributed by atoms with Crippen LogP contribution in [0.4, 0.5) is 5.82 Å². The number of thiazole rings is 1. The highest BCUT2D eigenvalue weighted by Gasteiger charge is 2.16. The molecular weight excluding hydrogens is 370 g/mol. The molecule has 0 saturated heterocycles. The Morgan fingerprint density at radius 2 is 2.04 bits per heavy atom. The first-order valence-corrected chi connectivity index (χ1v) is 8.95. The van der Waals surface area contributed by atoms with Gasteiger partial charge in [0, 0.05) is 16.5 Å². The Kier molecular flexibility index (Phi) is 5.68. The van der Waals surface area contributed by atoms with Gasteiger partial charge in [-0.1, -0.05) is 41.9 Å². The van der Waals surface area contributed by atoms with E-state index >= 15 is 0 Å². The van der Waals surface area contributed by atoms with Crippen molar-refractivity contribution in [1.29, 1.82) is 0 Å². The van der Waals surface area contributed by atoms with Gasteiger partial charge < -0.3 is 4.74 Å².